The first-order chi connectivity index (χ1) is 9.76. The van der Waals surface area contributed by atoms with Crippen LogP contribution in [0.4, 0.5) is 0 Å². The third kappa shape index (κ3) is 4.70. The minimum Gasteiger partial charge on any atom is -0.481 e. The number of carboxylic acid groups (broad SMARTS) is 1. The van der Waals surface area contributed by atoms with E-state index in [1.54, 1.807) is 13.8 Å². The molecule has 1 aromatic heterocycles. The van der Waals surface area contributed by atoms with Gasteiger partial charge in [0.25, 0.3) is 5.91 Å². The van der Waals surface area contributed by atoms with Gasteiger partial charge < -0.3 is 10.4 Å². The number of hydrogen-bond donors (Lipinski definition) is 2. The minimum absolute atomic E-state index is 0.0226. The number of nitrogens with one attached hydrogen (secondary N) is 1. The summed E-state index contributed by atoms with van der Waals surface area (Å²) in [6, 6.07) is -0.426. The molecule has 21 heavy (non-hydrogen) atoms. The maximum atomic E-state index is 12.5. The van der Waals surface area contributed by atoms with Crippen molar-refractivity contribution in [3.63, 3.8) is 0 Å². The first-order valence-corrected chi connectivity index (χ1v) is 7.90. The first kappa shape index (κ1) is 17.4. The molecule has 0 spiro atoms. The molecule has 2 N–H and O–H groups in total. The summed E-state index contributed by atoms with van der Waals surface area (Å²) in [5, 5.41) is 12.3. The topological polar surface area (TPSA) is 92.2 Å². The van der Waals surface area contributed by atoms with Crippen molar-refractivity contribution in [1.29, 1.82) is 0 Å². The lowest BCUT2D eigenvalue weighted by atomic mass is 10.0. The number of rotatable bonds is 6. The Morgan fingerprint density at radius 3 is 2.38 bits per heavy atom. The molecule has 0 bridgehead atoms. The van der Waals surface area contributed by atoms with Gasteiger partial charge in [0.15, 0.2) is 0 Å². The van der Waals surface area contributed by atoms with E-state index >= 15 is 0 Å². The summed E-state index contributed by atoms with van der Waals surface area (Å²) in [4.78, 5) is 31.8. The van der Waals surface area contributed by atoms with E-state index in [0.717, 1.165) is 0 Å². The van der Waals surface area contributed by atoms with E-state index in [1.165, 1.54) is 11.8 Å². The molecule has 1 rings (SSSR count). The van der Waals surface area contributed by atoms with Gasteiger partial charge in [-0.25, -0.2) is 9.97 Å². The third-order valence-corrected chi connectivity index (χ3v) is 3.79. The molecule has 1 aromatic rings. The first-order valence-electron chi connectivity index (χ1n) is 6.68. The van der Waals surface area contributed by atoms with Crippen molar-refractivity contribution >= 4 is 23.6 Å². The number of carbonyl (C=O) groups is 2. The fourth-order valence-corrected chi connectivity index (χ4v) is 2.64. The van der Waals surface area contributed by atoms with Crippen molar-refractivity contribution in [3.8, 4) is 0 Å². The molecule has 1 unspecified atom stereocenters. The van der Waals surface area contributed by atoms with E-state index in [9.17, 15) is 9.59 Å². The fourth-order valence-electron chi connectivity index (χ4n) is 1.97. The lowest BCUT2D eigenvalue weighted by molar-refractivity contribution is -0.137. The second-order valence-electron chi connectivity index (χ2n) is 5.16. The van der Waals surface area contributed by atoms with Crippen LogP contribution in [0.2, 0.25) is 0 Å². The van der Waals surface area contributed by atoms with Crippen LogP contribution in [0.3, 0.4) is 0 Å². The van der Waals surface area contributed by atoms with Gasteiger partial charge in [0.2, 0.25) is 0 Å². The van der Waals surface area contributed by atoms with Crippen LogP contribution < -0.4 is 5.32 Å². The van der Waals surface area contributed by atoms with Crippen molar-refractivity contribution in [1.82, 2.24) is 15.3 Å². The summed E-state index contributed by atoms with van der Waals surface area (Å²) in [6.07, 6.45) is 1.74. The van der Waals surface area contributed by atoms with Crippen LogP contribution in [0, 0.1) is 19.8 Å². The van der Waals surface area contributed by atoms with Gasteiger partial charge in [-0.2, -0.15) is 0 Å². The molecule has 0 radical (unpaired) electrons. The highest BCUT2D eigenvalue weighted by atomic mass is 32.2. The Hall–Kier alpha value is -1.63. The number of aryl methyl sites for hydroxylation is 2. The summed E-state index contributed by atoms with van der Waals surface area (Å²) in [6.45, 7) is 7.28. The molecule has 0 saturated heterocycles. The standard InChI is InChI=1S/C14H21N3O3S/c1-7(2)10(6-11(18)19)17-13(20)12-8(3)15-9(4)16-14(12)21-5/h7,10H,6H2,1-5H3,(H,17,20)(H,18,19). The highest BCUT2D eigenvalue weighted by molar-refractivity contribution is 7.98. The number of carboxylic acids is 1. The van der Waals surface area contributed by atoms with Gasteiger partial charge in [0, 0.05) is 6.04 Å². The van der Waals surface area contributed by atoms with E-state index in [-0.39, 0.29) is 18.2 Å². The predicted molar refractivity (Wildman–Crippen MR) is 81.6 cm³/mol. The molecule has 0 aliphatic heterocycles. The fraction of sp³-hybridized carbons (Fsp3) is 0.571. The lowest BCUT2D eigenvalue weighted by Gasteiger charge is -2.21. The Morgan fingerprint density at radius 1 is 1.29 bits per heavy atom. The zero-order valence-electron chi connectivity index (χ0n) is 12.9. The molecule has 0 fully saturated rings. The number of thioether (sulfide) groups is 1. The molecule has 7 heteroatoms. The molecule has 1 atom stereocenters. The second-order valence-corrected chi connectivity index (χ2v) is 5.96. The molecule has 1 heterocycles. The van der Waals surface area contributed by atoms with Crippen LogP contribution in [-0.4, -0.2) is 39.2 Å². The van der Waals surface area contributed by atoms with Gasteiger partial charge in [0.1, 0.15) is 10.9 Å². The Bertz CT molecular complexity index is 547. The molecule has 0 aromatic carbocycles. The van der Waals surface area contributed by atoms with Crippen molar-refractivity contribution in [2.24, 2.45) is 5.92 Å². The SMILES string of the molecule is CSc1nc(C)nc(C)c1C(=O)NC(CC(=O)O)C(C)C. The normalized spacial score (nSPS) is 12.3. The smallest absolute Gasteiger partial charge is 0.305 e. The van der Waals surface area contributed by atoms with Crippen LogP contribution in [0.5, 0.6) is 0 Å². The summed E-state index contributed by atoms with van der Waals surface area (Å²) in [5.41, 5.74) is 1.02. The molecule has 1 amide bonds. The Kier molecular flexibility index (Phi) is 6.14. The number of aliphatic carboxylic acids is 1. The van der Waals surface area contributed by atoms with Crippen molar-refractivity contribution < 1.29 is 14.7 Å². The molecule has 0 aliphatic carbocycles. The number of nitrogens with zero attached hydrogens (tertiary/aromatic N) is 2. The highest BCUT2D eigenvalue weighted by Crippen LogP contribution is 2.21. The van der Waals surface area contributed by atoms with Crippen LogP contribution in [-0.2, 0) is 4.79 Å². The van der Waals surface area contributed by atoms with E-state index < -0.39 is 12.0 Å². The van der Waals surface area contributed by atoms with Crippen LogP contribution in [0.25, 0.3) is 0 Å². The van der Waals surface area contributed by atoms with Crippen molar-refractivity contribution in [2.45, 2.75) is 45.2 Å². The summed E-state index contributed by atoms with van der Waals surface area (Å²) in [5.74, 6) is -0.624. The molecule has 116 valence electrons. The van der Waals surface area contributed by atoms with Gasteiger partial charge in [-0.05, 0) is 26.0 Å². The molecule has 0 saturated carbocycles. The zero-order valence-corrected chi connectivity index (χ0v) is 13.7. The molecule has 0 aliphatic rings. The quantitative estimate of drug-likeness (QED) is 0.617. The lowest BCUT2D eigenvalue weighted by Crippen LogP contribution is -2.40. The van der Waals surface area contributed by atoms with Crippen LogP contribution >= 0.6 is 11.8 Å². The summed E-state index contributed by atoms with van der Waals surface area (Å²) in [7, 11) is 0. The average molecular weight is 311 g/mol. The van der Waals surface area contributed by atoms with E-state index in [4.69, 9.17) is 5.11 Å². The van der Waals surface area contributed by atoms with Gasteiger partial charge in [-0.3, -0.25) is 9.59 Å². The number of aromatic nitrogens is 2. The Labute approximate surface area is 128 Å². The Morgan fingerprint density at radius 2 is 1.90 bits per heavy atom. The van der Waals surface area contributed by atoms with E-state index in [0.29, 0.717) is 22.1 Å². The molecular formula is C14H21N3O3S. The van der Waals surface area contributed by atoms with Gasteiger partial charge in [-0.15, -0.1) is 11.8 Å². The molecule has 6 nitrogen and oxygen atoms in total. The van der Waals surface area contributed by atoms with E-state index in [1.807, 2.05) is 20.1 Å². The van der Waals surface area contributed by atoms with Gasteiger partial charge in [-0.1, -0.05) is 13.8 Å². The number of amides is 1. The van der Waals surface area contributed by atoms with Crippen LogP contribution in [0.15, 0.2) is 5.03 Å². The summed E-state index contributed by atoms with van der Waals surface area (Å²) >= 11 is 1.37. The maximum absolute atomic E-state index is 12.5. The summed E-state index contributed by atoms with van der Waals surface area (Å²) < 4.78 is 0. The largest absolute Gasteiger partial charge is 0.481 e. The number of carbonyl (C=O) groups excluding carboxylic acids is 1. The minimum atomic E-state index is -0.934. The average Bonchev–Trinajstić information content (AvgIpc) is 2.35. The van der Waals surface area contributed by atoms with E-state index in [2.05, 4.69) is 15.3 Å². The van der Waals surface area contributed by atoms with Crippen LogP contribution in [0.1, 0.15) is 42.1 Å². The third-order valence-electron chi connectivity index (χ3n) is 3.10. The molecular weight excluding hydrogens is 290 g/mol. The number of hydrogen-bond acceptors (Lipinski definition) is 5. The van der Waals surface area contributed by atoms with Crippen molar-refractivity contribution in [3.05, 3.63) is 17.1 Å². The monoisotopic (exact) mass is 311 g/mol. The second kappa shape index (κ2) is 7.40. The Balaban J connectivity index is 3.05. The predicted octanol–water partition coefficient (Wildman–Crippen LogP) is 2.04. The zero-order chi connectivity index (χ0) is 16.2. The highest BCUT2D eigenvalue weighted by Gasteiger charge is 2.23. The maximum Gasteiger partial charge on any atom is 0.305 e. The van der Waals surface area contributed by atoms with Gasteiger partial charge in [0.05, 0.1) is 17.7 Å². The van der Waals surface area contributed by atoms with Gasteiger partial charge >= 0.3 is 5.97 Å². The van der Waals surface area contributed by atoms with Crippen molar-refractivity contribution in [2.75, 3.05) is 6.26 Å².